The molecular weight excluding hydrogens is 112 g/mol. The molecule has 0 N–H and O–H groups in total. The Labute approximate surface area is 57.4 Å². The van der Waals surface area contributed by atoms with Crippen molar-refractivity contribution in [2.24, 2.45) is 10.2 Å². The van der Waals surface area contributed by atoms with Crippen LogP contribution in [-0.2, 0) is 0 Å². The molecular formula is C7H16N2. The molecule has 0 unspecified atom stereocenters. The van der Waals surface area contributed by atoms with Gasteiger partial charge in [0.2, 0.25) is 0 Å². The highest BCUT2D eigenvalue weighted by atomic mass is 15.1. The molecule has 0 amide bonds. The predicted molar refractivity (Wildman–Crippen MR) is 39.8 cm³/mol. The summed E-state index contributed by atoms with van der Waals surface area (Å²) in [5.74, 6) is 0. The van der Waals surface area contributed by atoms with Gasteiger partial charge in [-0.1, -0.05) is 20.3 Å². The van der Waals surface area contributed by atoms with Gasteiger partial charge in [0.05, 0.1) is 13.1 Å². The van der Waals surface area contributed by atoms with Gasteiger partial charge in [-0.25, -0.2) is 0 Å². The van der Waals surface area contributed by atoms with Crippen LogP contribution < -0.4 is 0 Å². The summed E-state index contributed by atoms with van der Waals surface area (Å²) in [5, 5.41) is 7.93. The third kappa shape index (κ3) is 7.60. The van der Waals surface area contributed by atoms with Gasteiger partial charge in [-0.2, -0.15) is 10.2 Å². The van der Waals surface area contributed by atoms with Gasteiger partial charge in [0.25, 0.3) is 0 Å². The van der Waals surface area contributed by atoms with Crippen LogP contribution in [0.5, 0.6) is 0 Å². The SMILES string of the molecule is CCCC/N=N/CCC. The summed E-state index contributed by atoms with van der Waals surface area (Å²) < 4.78 is 0. The van der Waals surface area contributed by atoms with Gasteiger partial charge in [-0.05, 0) is 12.8 Å². The molecule has 0 aliphatic heterocycles. The van der Waals surface area contributed by atoms with E-state index in [4.69, 9.17) is 0 Å². The Morgan fingerprint density at radius 3 is 2.11 bits per heavy atom. The highest BCUT2D eigenvalue weighted by Gasteiger charge is 1.77. The average Bonchev–Trinajstić information content (AvgIpc) is 1.89. The fourth-order valence-electron chi connectivity index (χ4n) is 0.470. The molecule has 0 bridgehead atoms. The van der Waals surface area contributed by atoms with E-state index in [1.54, 1.807) is 0 Å². The Morgan fingerprint density at radius 1 is 0.889 bits per heavy atom. The summed E-state index contributed by atoms with van der Waals surface area (Å²) in [6.45, 7) is 6.08. The molecule has 0 fully saturated rings. The molecule has 0 aliphatic rings. The van der Waals surface area contributed by atoms with Gasteiger partial charge >= 0.3 is 0 Å². The number of azo groups is 1. The molecule has 2 heteroatoms. The first-order valence-electron chi connectivity index (χ1n) is 3.75. The minimum atomic E-state index is 0.893. The summed E-state index contributed by atoms with van der Waals surface area (Å²) in [5.41, 5.74) is 0. The Kier molecular flexibility index (Phi) is 7.26. The minimum Gasteiger partial charge on any atom is -0.194 e. The largest absolute Gasteiger partial charge is 0.194 e. The maximum absolute atomic E-state index is 3.98. The van der Waals surface area contributed by atoms with Crippen molar-refractivity contribution in [3.05, 3.63) is 0 Å². The summed E-state index contributed by atoms with van der Waals surface area (Å²) in [6, 6.07) is 0. The van der Waals surface area contributed by atoms with Crippen molar-refractivity contribution in [2.75, 3.05) is 13.1 Å². The third-order valence-electron chi connectivity index (χ3n) is 1.04. The van der Waals surface area contributed by atoms with Crippen LogP contribution in [0.15, 0.2) is 10.2 Å². The summed E-state index contributed by atoms with van der Waals surface area (Å²) in [6.07, 6.45) is 3.49. The van der Waals surface area contributed by atoms with Crippen LogP contribution in [-0.4, -0.2) is 13.1 Å². The molecule has 0 aromatic rings. The van der Waals surface area contributed by atoms with E-state index < -0.39 is 0 Å². The molecule has 0 heterocycles. The number of unbranched alkanes of at least 4 members (excludes halogenated alkanes) is 1. The molecule has 0 spiro atoms. The average molecular weight is 128 g/mol. The first kappa shape index (κ1) is 8.60. The molecule has 0 aliphatic carbocycles. The Balaban J connectivity index is 2.86. The topological polar surface area (TPSA) is 24.7 Å². The zero-order valence-corrected chi connectivity index (χ0v) is 6.43. The lowest BCUT2D eigenvalue weighted by atomic mass is 10.3. The van der Waals surface area contributed by atoms with Gasteiger partial charge in [0.1, 0.15) is 0 Å². The van der Waals surface area contributed by atoms with Crippen LogP contribution in [0.3, 0.4) is 0 Å². The van der Waals surface area contributed by atoms with Gasteiger partial charge in [0, 0.05) is 0 Å². The van der Waals surface area contributed by atoms with Crippen molar-refractivity contribution in [3.63, 3.8) is 0 Å². The van der Waals surface area contributed by atoms with Crippen LogP contribution >= 0.6 is 0 Å². The smallest absolute Gasteiger partial charge is 0.0598 e. The van der Waals surface area contributed by atoms with Gasteiger partial charge < -0.3 is 0 Å². The minimum absolute atomic E-state index is 0.893. The highest BCUT2D eigenvalue weighted by Crippen LogP contribution is 1.88. The number of rotatable bonds is 5. The van der Waals surface area contributed by atoms with Gasteiger partial charge in [0.15, 0.2) is 0 Å². The zero-order valence-electron chi connectivity index (χ0n) is 6.43. The van der Waals surface area contributed by atoms with E-state index in [-0.39, 0.29) is 0 Å². The predicted octanol–water partition coefficient (Wildman–Crippen LogP) is 2.65. The first-order valence-corrected chi connectivity index (χ1v) is 3.75. The van der Waals surface area contributed by atoms with E-state index in [1.807, 2.05) is 0 Å². The van der Waals surface area contributed by atoms with E-state index in [9.17, 15) is 0 Å². The normalized spacial score (nSPS) is 10.9. The maximum Gasteiger partial charge on any atom is 0.0598 e. The fraction of sp³-hybridized carbons (Fsp3) is 1.00. The third-order valence-corrected chi connectivity index (χ3v) is 1.04. The Bertz CT molecular complexity index is 69.3. The monoisotopic (exact) mass is 128 g/mol. The van der Waals surface area contributed by atoms with E-state index in [2.05, 4.69) is 24.1 Å². The van der Waals surface area contributed by atoms with Crippen molar-refractivity contribution >= 4 is 0 Å². The molecule has 0 rings (SSSR count). The lowest BCUT2D eigenvalue weighted by molar-refractivity contribution is 0.744. The molecule has 54 valence electrons. The lowest BCUT2D eigenvalue weighted by Gasteiger charge is -1.86. The first-order chi connectivity index (χ1) is 4.41. The molecule has 0 aromatic carbocycles. The van der Waals surface area contributed by atoms with Crippen LogP contribution in [0.4, 0.5) is 0 Å². The van der Waals surface area contributed by atoms with Gasteiger partial charge in [-0.15, -0.1) is 0 Å². The van der Waals surface area contributed by atoms with Crippen LogP contribution in [0.2, 0.25) is 0 Å². The van der Waals surface area contributed by atoms with Crippen molar-refractivity contribution in [3.8, 4) is 0 Å². The van der Waals surface area contributed by atoms with Crippen molar-refractivity contribution in [2.45, 2.75) is 33.1 Å². The zero-order chi connectivity index (χ0) is 6.95. The lowest BCUT2D eigenvalue weighted by Crippen LogP contribution is -1.78. The van der Waals surface area contributed by atoms with E-state index in [1.165, 1.54) is 12.8 Å². The molecule has 2 nitrogen and oxygen atoms in total. The molecule has 9 heavy (non-hydrogen) atoms. The molecule has 0 saturated heterocycles. The van der Waals surface area contributed by atoms with Crippen LogP contribution in [0.1, 0.15) is 33.1 Å². The summed E-state index contributed by atoms with van der Waals surface area (Å²) in [7, 11) is 0. The molecule has 0 radical (unpaired) electrons. The van der Waals surface area contributed by atoms with Crippen molar-refractivity contribution in [1.82, 2.24) is 0 Å². The van der Waals surface area contributed by atoms with Gasteiger partial charge in [-0.3, -0.25) is 0 Å². The quantitative estimate of drug-likeness (QED) is 0.401. The second-order valence-electron chi connectivity index (χ2n) is 2.08. The van der Waals surface area contributed by atoms with Crippen molar-refractivity contribution < 1.29 is 0 Å². The number of hydrogen-bond donors (Lipinski definition) is 0. The second-order valence-corrected chi connectivity index (χ2v) is 2.08. The molecule has 0 saturated carbocycles. The Morgan fingerprint density at radius 2 is 1.56 bits per heavy atom. The number of hydrogen-bond acceptors (Lipinski definition) is 2. The summed E-state index contributed by atoms with van der Waals surface area (Å²) in [4.78, 5) is 0. The number of nitrogens with zero attached hydrogens (tertiary/aromatic N) is 2. The van der Waals surface area contributed by atoms with E-state index >= 15 is 0 Å². The maximum atomic E-state index is 3.98. The fourth-order valence-corrected chi connectivity index (χ4v) is 0.470. The summed E-state index contributed by atoms with van der Waals surface area (Å²) >= 11 is 0. The molecule has 0 aromatic heterocycles. The van der Waals surface area contributed by atoms with Crippen LogP contribution in [0, 0.1) is 0 Å². The highest BCUT2D eigenvalue weighted by molar-refractivity contribution is 4.39. The molecule has 0 atom stereocenters. The van der Waals surface area contributed by atoms with E-state index in [0.29, 0.717) is 0 Å². The Hall–Kier alpha value is -0.400. The van der Waals surface area contributed by atoms with E-state index in [0.717, 1.165) is 19.5 Å². The van der Waals surface area contributed by atoms with Crippen molar-refractivity contribution in [1.29, 1.82) is 0 Å². The second kappa shape index (κ2) is 7.60. The van der Waals surface area contributed by atoms with Crippen LogP contribution in [0.25, 0.3) is 0 Å². The standard InChI is InChI=1S/C7H16N2/c1-3-5-7-9-8-6-4-2/h3-7H2,1-2H3/b9-8+.